The van der Waals surface area contributed by atoms with E-state index in [0.29, 0.717) is 34.9 Å². The number of hydrogen-bond acceptors (Lipinski definition) is 6. The lowest BCUT2D eigenvalue weighted by Crippen LogP contribution is -2.36. The Bertz CT molecular complexity index is 1230. The average molecular weight is 500 g/mol. The molecule has 1 N–H and O–H groups in total. The molecular formula is C27H27ClFNO5. The molecule has 0 saturated heterocycles. The van der Waals surface area contributed by atoms with E-state index in [-0.39, 0.29) is 40.9 Å². The average Bonchev–Trinajstić information content (AvgIpc) is 2.83. The number of methoxy groups -OCH3 is 2. The molecule has 0 spiro atoms. The zero-order valence-electron chi connectivity index (χ0n) is 20.0. The van der Waals surface area contributed by atoms with Crippen molar-refractivity contribution in [2.75, 3.05) is 20.8 Å². The molecule has 184 valence electrons. The van der Waals surface area contributed by atoms with Crippen LogP contribution in [0.1, 0.15) is 49.7 Å². The van der Waals surface area contributed by atoms with Gasteiger partial charge >= 0.3 is 5.97 Å². The Hall–Kier alpha value is -3.32. The van der Waals surface area contributed by atoms with E-state index in [9.17, 15) is 9.59 Å². The van der Waals surface area contributed by atoms with Gasteiger partial charge in [-0.1, -0.05) is 23.7 Å². The van der Waals surface area contributed by atoms with E-state index >= 15 is 4.39 Å². The molecule has 0 saturated carbocycles. The molecule has 4 rings (SSSR count). The fourth-order valence-electron chi connectivity index (χ4n) is 4.94. The van der Waals surface area contributed by atoms with Crippen LogP contribution in [0.3, 0.4) is 0 Å². The van der Waals surface area contributed by atoms with Crippen LogP contribution >= 0.6 is 11.6 Å². The molecule has 6 nitrogen and oxygen atoms in total. The number of ketones is 1. The first kappa shape index (κ1) is 24.8. The van der Waals surface area contributed by atoms with Gasteiger partial charge in [-0.2, -0.15) is 0 Å². The summed E-state index contributed by atoms with van der Waals surface area (Å²) < 4.78 is 31.2. The number of carbonyl (C=O) groups excluding carboxylic acids is 2. The van der Waals surface area contributed by atoms with Gasteiger partial charge in [0.15, 0.2) is 17.3 Å². The lowest BCUT2D eigenvalue weighted by atomic mass is 9.71. The predicted octanol–water partition coefficient (Wildman–Crippen LogP) is 5.42. The summed E-state index contributed by atoms with van der Waals surface area (Å²) in [6.45, 7) is 3.57. The van der Waals surface area contributed by atoms with Crippen molar-refractivity contribution in [1.82, 2.24) is 5.32 Å². The van der Waals surface area contributed by atoms with Gasteiger partial charge in [-0.25, -0.2) is 9.18 Å². The number of rotatable bonds is 6. The van der Waals surface area contributed by atoms with E-state index in [1.165, 1.54) is 12.1 Å². The smallest absolute Gasteiger partial charge is 0.336 e. The lowest BCUT2D eigenvalue weighted by molar-refractivity contribution is -0.138. The number of Topliss-reactive ketones (excluding diaryl/α,β-unsaturated/α-hetero) is 1. The standard InChI is InChI=1S/C27H27ClFNO5/c1-5-35-27(32)23-14(2)30-19-11-16(15-9-10-21(33-3)22(13-15)34-4)12-20(31)25(19)26(23)24-17(28)7-6-8-18(24)29/h6-10,13,16,26,30H,5,11-12H2,1-4H3/t16-,26+/m0/s1. The third kappa shape index (κ3) is 4.52. The minimum absolute atomic E-state index is 0.100. The summed E-state index contributed by atoms with van der Waals surface area (Å²) in [5, 5.41) is 3.39. The third-order valence-electron chi connectivity index (χ3n) is 6.49. The van der Waals surface area contributed by atoms with Crippen molar-refractivity contribution in [3.05, 3.63) is 80.9 Å². The van der Waals surface area contributed by atoms with Crippen molar-refractivity contribution in [3.8, 4) is 11.5 Å². The van der Waals surface area contributed by atoms with Crippen LogP contribution in [-0.4, -0.2) is 32.6 Å². The van der Waals surface area contributed by atoms with Gasteiger partial charge in [0.25, 0.3) is 0 Å². The van der Waals surface area contributed by atoms with Crippen LogP contribution in [0.25, 0.3) is 0 Å². The van der Waals surface area contributed by atoms with Gasteiger partial charge in [0.05, 0.1) is 32.3 Å². The molecule has 2 aliphatic rings. The van der Waals surface area contributed by atoms with Crippen LogP contribution in [0.4, 0.5) is 4.39 Å². The van der Waals surface area contributed by atoms with Gasteiger partial charge < -0.3 is 19.5 Å². The Morgan fingerprint density at radius 2 is 1.89 bits per heavy atom. The molecule has 0 bridgehead atoms. The fourth-order valence-corrected chi connectivity index (χ4v) is 5.21. The molecule has 0 amide bonds. The number of dihydropyridines is 1. The van der Waals surface area contributed by atoms with Gasteiger partial charge in [-0.3, -0.25) is 4.79 Å². The van der Waals surface area contributed by atoms with Crippen molar-refractivity contribution in [1.29, 1.82) is 0 Å². The summed E-state index contributed by atoms with van der Waals surface area (Å²) >= 11 is 6.43. The summed E-state index contributed by atoms with van der Waals surface area (Å²) in [5.74, 6) is -1.30. The molecule has 2 aromatic carbocycles. The number of allylic oxidation sites excluding steroid dienone is 3. The first-order valence-corrected chi connectivity index (χ1v) is 11.7. The highest BCUT2D eigenvalue weighted by Gasteiger charge is 2.43. The summed E-state index contributed by atoms with van der Waals surface area (Å²) in [5.41, 5.74) is 2.72. The Kier molecular flexibility index (Phi) is 7.17. The van der Waals surface area contributed by atoms with E-state index in [1.807, 2.05) is 18.2 Å². The van der Waals surface area contributed by atoms with E-state index in [4.69, 9.17) is 25.8 Å². The summed E-state index contributed by atoms with van der Waals surface area (Å²) in [4.78, 5) is 26.6. The maximum absolute atomic E-state index is 15.1. The summed E-state index contributed by atoms with van der Waals surface area (Å²) in [6.07, 6.45) is 0.681. The second kappa shape index (κ2) is 10.1. The number of carbonyl (C=O) groups is 2. The summed E-state index contributed by atoms with van der Waals surface area (Å²) in [7, 11) is 3.12. The minimum Gasteiger partial charge on any atom is -0.493 e. The van der Waals surface area contributed by atoms with Crippen LogP contribution in [-0.2, 0) is 14.3 Å². The third-order valence-corrected chi connectivity index (χ3v) is 6.82. The Morgan fingerprint density at radius 1 is 1.14 bits per heavy atom. The van der Waals surface area contributed by atoms with E-state index in [0.717, 1.165) is 5.56 Å². The van der Waals surface area contributed by atoms with Crippen molar-refractivity contribution in [3.63, 3.8) is 0 Å². The lowest BCUT2D eigenvalue weighted by Gasteiger charge is -2.37. The van der Waals surface area contributed by atoms with Crippen LogP contribution in [0.2, 0.25) is 5.02 Å². The second-order valence-corrected chi connectivity index (χ2v) is 8.89. The zero-order valence-corrected chi connectivity index (χ0v) is 20.8. The number of esters is 1. The minimum atomic E-state index is -0.960. The van der Waals surface area contributed by atoms with Crippen LogP contribution in [0.5, 0.6) is 11.5 Å². The molecule has 2 atom stereocenters. The first-order valence-electron chi connectivity index (χ1n) is 11.4. The maximum Gasteiger partial charge on any atom is 0.336 e. The maximum atomic E-state index is 15.1. The van der Waals surface area contributed by atoms with Crippen LogP contribution in [0, 0.1) is 5.82 Å². The van der Waals surface area contributed by atoms with Gasteiger partial charge in [0.1, 0.15) is 5.82 Å². The largest absolute Gasteiger partial charge is 0.493 e. The molecule has 35 heavy (non-hydrogen) atoms. The predicted molar refractivity (Wildman–Crippen MR) is 130 cm³/mol. The second-order valence-electron chi connectivity index (χ2n) is 8.49. The normalized spacial score (nSPS) is 19.8. The van der Waals surface area contributed by atoms with E-state index in [2.05, 4.69) is 5.32 Å². The number of halogens is 2. The molecule has 0 fully saturated rings. The molecule has 1 aliphatic carbocycles. The highest BCUT2D eigenvalue weighted by atomic mass is 35.5. The molecule has 8 heteroatoms. The Balaban J connectivity index is 1.82. The number of benzene rings is 2. The molecule has 1 heterocycles. The summed E-state index contributed by atoms with van der Waals surface area (Å²) in [6, 6.07) is 9.91. The van der Waals surface area contributed by atoms with Crippen molar-refractivity contribution < 1.29 is 28.2 Å². The molecule has 0 unspecified atom stereocenters. The fraction of sp³-hybridized carbons (Fsp3) is 0.333. The SMILES string of the molecule is CCOC(=O)C1=C(C)NC2=C(C(=O)C[C@@H](c3ccc(OC)c(OC)c3)C2)[C@H]1c1c(F)cccc1Cl. The molecular weight excluding hydrogens is 473 g/mol. The Morgan fingerprint density at radius 3 is 2.54 bits per heavy atom. The van der Waals surface area contributed by atoms with Gasteiger partial charge in [-0.15, -0.1) is 0 Å². The number of nitrogens with one attached hydrogen (secondary N) is 1. The van der Waals surface area contributed by atoms with Crippen molar-refractivity contribution in [2.45, 2.75) is 38.5 Å². The van der Waals surface area contributed by atoms with Crippen LogP contribution in [0.15, 0.2) is 58.9 Å². The quantitative estimate of drug-likeness (QED) is 0.535. The van der Waals surface area contributed by atoms with Crippen molar-refractivity contribution >= 4 is 23.4 Å². The topological polar surface area (TPSA) is 73.9 Å². The van der Waals surface area contributed by atoms with E-state index in [1.54, 1.807) is 34.1 Å². The molecule has 0 aromatic heterocycles. The number of ether oxygens (including phenoxy) is 3. The molecule has 0 radical (unpaired) electrons. The Labute approximate surface area is 208 Å². The first-order chi connectivity index (χ1) is 16.8. The zero-order chi connectivity index (χ0) is 25.3. The van der Waals surface area contributed by atoms with Gasteiger partial charge in [0, 0.05) is 34.0 Å². The number of hydrogen-bond donors (Lipinski definition) is 1. The van der Waals surface area contributed by atoms with Crippen molar-refractivity contribution in [2.24, 2.45) is 0 Å². The van der Waals surface area contributed by atoms with Crippen LogP contribution < -0.4 is 14.8 Å². The monoisotopic (exact) mass is 499 g/mol. The van der Waals surface area contributed by atoms with Gasteiger partial charge in [0.2, 0.25) is 0 Å². The molecule has 1 aliphatic heterocycles. The molecule has 2 aromatic rings. The highest BCUT2D eigenvalue weighted by molar-refractivity contribution is 6.31. The van der Waals surface area contributed by atoms with Gasteiger partial charge in [-0.05, 0) is 56.0 Å². The highest BCUT2D eigenvalue weighted by Crippen LogP contribution is 2.48. The van der Waals surface area contributed by atoms with E-state index < -0.39 is 17.7 Å².